The van der Waals surface area contributed by atoms with Gasteiger partial charge in [-0.15, -0.1) is 0 Å². The van der Waals surface area contributed by atoms with Gasteiger partial charge in [-0.3, -0.25) is 10.0 Å². The molecule has 0 unspecified atom stereocenters. The molecule has 2 N–H and O–H groups in total. The quantitative estimate of drug-likeness (QED) is 0.466. The molecule has 2 heterocycles. The van der Waals surface area contributed by atoms with E-state index in [2.05, 4.69) is 31.2 Å². The molecular weight excluding hydrogens is 466 g/mol. The van der Waals surface area contributed by atoms with Gasteiger partial charge in [-0.25, -0.2) is 18.2 Å². The zero-order valence-corrected chi connectivity index (χ0v) is 21.5. The number of hydrogen-bond donors (Lipinski definition) is 2. The summed E-state index contributed by atoms with van der Waals surface area (Å²) in [4.78, 5) is 14.6. The van der Waals surface area contributed by atoms with E-state index in [1.54, 1.807) is 12.6 Å². The third-order valence-electron chi connectivity index (χ3n) is 7.70. The molecule has 190 valence electrons. The average molecular weight is 502 g/mol. The van der Waals surface area contributed by atoms with Crippen molar-refractivity contribution in [1.82, 2.24) is 14.7 Å². The number of nitrogens with one attached hydrogen (secondary N) is 1. The number of sulfonamides is 1. The highest BCUT2D eigenvalue weighted by molar-refractivity contribution is 7.91. The highest BCUT2D eigenvalue weighted by Crippen LogP contribution is 2.38. The first-order valence-corrected chi connectivity index (χ1v) is 13.5. The number of hydrogen-bond acceptors (Lipinski definition) is 6. The van der Waals surface area contributed by atoms with Gasteiger partial charge in [0.15, 0.2) is 4.75 Å². The number of aryl methyl sites for hydroxylation is 1. The number of ether oxygens (including phenoxy) is 1. The number of piperidine rings is 2. The maximum Gasteiger partial charge on any atom is 0.266 e. The van der Waals surface area contributed by atoms with Gasteiger partial charge in [-0.2, -0.15) is 0 Å². The zero-order valence-electron chi connectivity index (χ0n) is 20.7. The number of rotatable bonds is 6. The molecule has 0 saturated carbocycles. The second kappa shape index (κ2) is 10.3. The van der Waals surface area contributed by atoms with Crippen molar-refractivity contribution in [2.24, 2.45) is 0 Å². The summed E-state index contributed by atoms with van der Waals surface area (Å²) in [5.41, 5.74) is 6.24. The fraction of sp³-hybridized carbons (Fsp3) is 0.500. The molecule has 2 aromatic rings. The van der Waals surface area contributed by atoms with Crippen molar-refractivity contribution in [3.63, 3.8) is 0 Å². The SMILES string of the molecule is COc1cccc(-c2ccc(C3CCN(S(=O)(=O)C4(C(=O)NO)CCN(C)CC4)CC3)cc2C)c1. The van der Waals surface area contributed by atoms with Crippen molar-refractivity contribution in [1.29, 1.82) is 0 Å². The molecule has 35 heavy (non-hydrogen) atoms. The van der Waals surface area contributed by atoms with Crippen molar-refractivity contribution in [2.75, 3.05) is 40.3 Å². The number of carbonyl (C=O) groups excluding carboxylic acids is 1. The van der Waals surface area contributed by atoms with Crippen LogP contribution in [-0.2, 0) is 14.8 Å². The largest absolute Gasteiger partial charge is 0.497 e. The van der Waals surface area contributed by atoms with E-state index in [4.69, 9.17) is 4.74 Å². The van der Waals surface area contributed by atoms with Crippen LogP contribution in [0.5, 0.6) is 5.75 Å². The maximum atomic E-state index is 13.6. The summed E-state index contributed by atoms with van der Waals surface area (Å²) in [5, 5.41) is 9.33. The summed E-state index contributed by atoms with van der Waals surface area (Å²) >= 11 is 0. The third kappa shape index (κ3) is 4.82. The standard InChI is InChI=1S/C26H35N3O5S/c1-19-17-21(7-8-24(19)22-5-4-6-23(18-22)34-3)20-9-13-29(14-10-20)35(32,33)26(25(30)27-31)11-15-28(2)16-12-26/h4-8,17-18,20,31H,9-16H2,1-3H3,(H,27,30). The molecule has 2 aliphatic heterocycles. The minimum atomic E-state index is -3.92. The molecule has 1 amide bonds. The van der Waals surface area contributed by atoms with Gasteiger partial charge in [0.1, 0.15) is 5.75 Å². The predicted octanol–water partition coefficient (Wildman–Crippen LogP) is 3.15. The second-order valence-electron chi connectivity index (χ2n) is 9.72. The second-order valence-corrected chi connectivity index (χ2v) is 12.0. The van der Waals surface area contributed by atoms with E-state index in [1.807, 2.05) is 30.1 Å². The minimum Gasteiger partial charge on any atom is -0.497 e. The Kier molecular flexibility index (Phi) is 7.51. The number of carbonyl (C=O) groups is 1. The molecule has 2 aliphatic rings. The molecule has 2 saturated heterocycles. The van der Waals surface area contributed by atoms with Gasteiger partial charge in [-0.05, 0) is 93.0 Å². The van der Waals surface area contributed by atoms with E-state index in [0.717, 1.165) is 22.4 Å². The molecule has 0 spiro atoms. The number of benzene rings is 2. The van der Waals surface area contributed by atoms with Crippen LogP contribution in [0.25, 0.3) is 11.1 Å². The summed E-state index contributed by atoms with van der Waals surface area (Å²) in [5.74, 6) is 0.243. The highest BCUT2D eigenvalue weighted by atomic mass is 32.2. The monoisotopic (exact) mass is 501 g/mol. The van der Waals surface area contributed by atoms with Gasteiger partial charge in [-0.1, -0.05) is 30.3 Å². The van der Waals surface area contributed by atoms with E-state index < -0.39 is 20.7 Å². The van der Waals surface area contributed by atoms with E-state index in [1.165, 1.54) is 9.87 Å². The lowest BCUT2D eigenvalue weighted by molar-refractivity contribution is -0.133. The average Bonchev–Trinajstić information content (AvgIpc) is 2.88. The molecule has 2 fully saturated rings. The molecule has 8 nitrogen and oxygen atoms in total. The smallest absolute Gasteiger partial charge is 0.266 e. The van der Waals surface area contributed by atoms with Crippen LogP contribution in [0.2, 0.25) is 0 Å². The maximum absolute atomic E-state index is 13.6. The zero-order chi connectivity index (χ0) is 25.2. The van der Waals surface area contributed by atoms with Crippen LogP contribution in [0.1, 0.15) is 42.7 Å². The van der Waals surface area contributed by atoms with Gasteiger partial charge in [0, 0.05) is 13.1 Å². The van der Waals surface area contributed by atoms with Crippen LogP contribution >= 0.6 is 0 Å². The molecular formula is C26H35N3O5S. The molecule has 0 atom stereocenters. The molecule has 0 aliphatic carbocycles. The number of nitrogens with zero attached hydrogens (tertiary/aromatic N) is 2. The van der Waals surface area contributed by atoms with Crippen molar-refractivity contribution in [2.45, 2.75) is 43.3 Å². The van der Waals surface area contributed by atoms with Crippen LogP contribution in [0.4, 0.5) is 0 Å². The summed E-state index contributed by atoms with van der Waals surface area (Å²) in [6.07, 6.45) is 1.72. The fourth-order valence-corrected chi connectivity index (χ4v) is 7.58. The highest BCUT2D eigenvalue weighted by Gasteiger charge is 2.54. The topological polar surface area (TPSA) is 99.2 Å². The van der Waals surface area contributed by atoms with Crippen molar-refractivity contribution in [3.05, 3.63) is 53.6 Å². The van der Waals surface area contributed by atoms with Crippen LogP contribution in [0, 0.1) is 6.92 Å². The summed E-state index contributed by atoms with van der Waals surface area (Å²) < 4.78 is 32.5. The van der Waals surface area contributed by atoms with E-state index in [0.29, 0.717) is 39.0 Å². The predicted molar refractivity (Wildman–Crippen MR) is 135 cm³/mol. The molecule has 0 bridgehead atoms. The van der Waals surface area contributed by atoms with Crippen LogP contribution in [0.15, 0.2) is 42.5 Å². The van der Waals surface area contributed by atoms with Crippen LogP contribution in [-0.4, -0.2) is 73.8 Å². The number of hydroxylamine groups is 1. The Hall–Kier alpha value is -2.46. The van der Waals surface area contributed by atoms with E-state index >= 15 is 0 Å². The van der Waals surface area contributed by atoms with Gasteiger partial charge in [0.25, 0.3) is 5.91 Å². The number of likely N-dealkylation sites (tertiary alicyclic amines) is 1. The summed E-state index contributed by atoms with van der Waals surface area (Å²) in [6, 6.07) is 14.4. The fourth-order valence-electron chi connectivity index (χ4n) is 5.42. The first kappa shape index (κ1) is 25.6. The number of amides is 1. The van der Waals surface area contributed by atoms with Crippen molar-refractivity contribution in [3.8, 4) is 16.9 Å². The summed E-state index contributed by atoms with van der Waals surface area (Å²) in [7, 11) is -0.360. The van der Waals surface area contributed by atoms with E-state index in [-0.39, 0.29) is 18.8 Å². The molecule has 2 aromatic carbocycles. The van der Waals surface area contributed by atoms with Crippen molar-refractivity contribution >= 4 is 15.9 Å². The van der Waals surface area contributed by atoms with Gasteiger partial charge in [0.2, 0.25) is 10.0 Å². The minimum absolute atomic E-state index is 0.170. The first-order valence-electron chi connectivity index (χ1n) is 12.1. The Morgan fingerprint density at radius 2 is 1.77 bits per heavy atom. The molecule has 0 aromatic heterocycles. The number of methoxy groups -OCH3 is 1. The Bertz CT molecular complexity index is 1170. The Labute approximate surface area is 207 Å². The molecule has 9 heteroatoms. The van der Waals surface area contributed by atoms with Gasteiger partial charge >= 0.3 is 0 Å². The normalized spacial score (nSPS) is 19.9. The first-order chi connectivity index (χ1) is 16.7. The Morgan fingerprint density at radius 3 is 2.37 bits per heavy atom. The summed E-state index contributed by atoms with van der Waals surface area (Å²) in [6.45, 7) is 3.79. The van der Waals surface area contributed by atoms with Crippen molar-refractivity contribution < 1.29 is 23.2 Å². The van der Waals surface area contributed by atoms with Gasteiger partial charge < -0.3 is 9.64 Å². The lowest BCUT2D eigenvalue weighted by Crippen LogP contribution is -2.61. The van der Waals surface area contributed by atoms with Crippen LogP contribution in [0.3, 0.4) is 0 Å². The third-order valence-corrected chi connectivity index (χ3v) is 10.3. The molecule has 0 radical (unpaired) electrons. The van der Waals surface area contributed by atoms with Crippen LogP contribution < -0.4 is 10.2 Å². The van der Waals surface area contributed by atoms with E-state index in [9.17, 15) is 18.4 Å². The Morgan fingerprint density at radius 1 is 1.09 bits per heavy atom. The lowest BCUT2D eigenvalue weighted by atomic mass is 9.87. The Balaban J connectivity index is 1.49. The molecule has 4 rings (SSSR count). The van der Waals surface area contributed by atoms with Gasteiger partial charge in [0.05, 0.1) is 7.11 Å². The lowest BCUT2D eigenvalue weighted by Gasteiger charge is -2.42.